The molecule has 0 saturated carbocycles. The third-order valence-corrected chi connectivity index (χ3v) is 6.13. The predicted octanol–water partition coefficient (Wildman–Crippen LogP) is 5.28. The van der Waals surface area contributed by atoms with Crippen molar-refractivity contribution < 1.29 is 31.4 Å². The van der Waals surface area contributed by atoms with Crippen LogP contribution in [0.1, 0.15) is 11.1 Å². The normalized spacial score (nSPS) is 11.9. The Labute approximate surface area is 183 Å². The van der Waals surface area contributed by atoms with Gasteiger partial charge in [-0.1, -0.05) is 17.8 Å². The van der Waals surface area contributed by atoms with Gasteiger partial charge < -0.3 is 5.11 Å². The molecular weight excluding hydrogens is 480 g/mol. The summed E-state index contributed by atoms with van der Waals surface area (Å²) in [5, 5.41) is 9.20. The lowest BCUT2D eigenvalue weighted by atomic mass is 10.1. The fraction of sp³-hybridized carbons (Fsp3) is 0.105. The molecule has 32 heavy (non-hydrogen) atoms. The highest BCUT2D eigenvalue weighted by molar-refractivity contribution is 7.98. The average molecular weight is 489 g/mol. The molecule has 0 saturated heterocycles. The van der Waals surface area contributed by atoms with Crippen LogP contribution < -0.4 is 5.56 Å². The van der Waals surface area contributed by atoms with Crippen molar-refractivity contribution in [1.82, 2.24) is 14.5 Å². The lowest BCUT2D eigenvalue weighted by molar-refractivity contribution is -0.137. The fourth-order valence-corrected chi connectivity index (χ4v) is 4.42. The number of alkyl halides is 3. The molecule has 0 aliphatic carbocycles. The maximum atomic E-state index is 14.2. The van der Waals surface area contributed by atoms with Crippen LogP contribution in [0.4, 0.5) is 26.3 Å². The third-order valence-electron chi connectivity index (χ3n) is 4.34. The molecular formula is C19H9F6N3O2S2. The third kappa shape index (κ3) is 4.05. The van der Waals surface area contributed by atoms with Gasteiger partial charge in [0, 0.05) is 17.9 Å². The van der Waals surface area contributed by atoms with E-state index in [2.05, 4.69) is 9.97 Å². The van der Waals surface area contributed by atoms with E-state index in [1.807, 2.05) is 0 Å². The first kappa shape index (κ1) is 22.1. The second-order valence-electron chi connectivity index (χ2n) is 6.39. The minimum Gasteiger partial charge on any atom is -0.503 e. The second kappa shape index (κ2) is 8.13. The second-order valence-corrected chi connectivity index (χ2v) is 8.19. The Balaban J connectivity index is 1.78. The Morgan fingerprint density at radius 1 is 1.06 bits per heavy atom. The fourth-order valence-electron chi connectivity index (χ4n) is 2.78. The van der Waals surface area contributed by atoms with Gasteiger partial charge in [0.2, 0.25) is 0 Å². The van der Waals surface area contributed by atoms with Crippen LogP contribution in [0.2, 0.25) is 0 Å². The number of benzene rings is 2. The van der Waals surface area contributed by atoms with Crippen LogP contribution in [0.5, 0.6) is 5.75 Å². The van der Waals surface area contributed by atoms with Crippen LogP contribution in [0.15, 0.2) is 45.8 Å². The molecule has 1 N–H and O–H groups in total. The van der Waals surface area contributed by atoms with E-state index < -0.39 is 40.5 Å². The van der Waals surface area contributed by atoms with E-state index in [9.17, 15) is 36.2 Å². The SMILES string of the molecule is O=c1c2scnc2nc(SCc2ccc(C(F)(F)F)cc2F)n1-c1cc(F)c(O)c(F)c1. The molecule has 5 nitrogen and oxygen atoms in total. The molecule has 0 aliphatic heterocycles. The van der Waals surface area contributed by atoms with E-state index >= 15 is 0 Å². The first-order valence-corrected chi connectivity index (χ1v) is 10.5. The topological polar surface area (TPSA) is 68.0 Å². The largest absolute Gasteiger partial charge is 0.503 e. The molecule has 0 spiro atoms. The highest BCUT2D eigenvalue weighted by Gasteiger charge is 2.31. The number of aromatic hydroxyl groups is 1. The minimum atomic E-state index is -4.71. The first-order chi connectivity index (χ1) is 15.1. The zero-order valence-corrected chi connectivity index (χ0v) is 17.1. The number of fused-ring (bicyclic) bond motifs is 1. The van der Waals surface area contributed by atoms with Crippen LogP contribution in [-0.2, 0) is 11.9 Å². The van der Waals surface area contributed by atoms with Gasteiger partial charge >= 0.3 is 6.18 Å². The molecule has 4 rings (SSSR count). The average Bonchev–Trinajstić information content (AvgIpc) is 3.19. The van der Waals surface area contributed by atoms with Crippen molar-refractivity contribution in [2.24, 2.45) is 0 Å². The van der Waals surface area contributed by atoms with E-state index in [-0.39, 0.29) is 32.5 Å². The van der Waals surface area contributed by atoms with Crippen LogP contribution in [0, 0.1) is 17.5 Å². The van der Waals surface area contributed by atoms with Crippen molar-refractivity contribution in [3.05, 3.63) is 74.8 Å². The Bertz CT molecular complexity index is 1380. The summed E-state index contributed by atoms with van der Waals surface area (Å²) >= 11 is 1.70. The highest BCUT2D eigenvalue weighted by atomic mass is 32.2. The summed E-state index contributed by atoms with van der Waals surface area (Å²) in [6.45, 7) is 0. The van der Waals surface area contributed by atoms with Crippen LogP contribution >= 0.6 is 23.1 Å². The van der Waals surface area contributed by atoms with Gasteiger partial charge in [0.15, 0.2) is 28.2 Å². The van der Waals surface area contributed by atoms with Gasteiger partial charge in [-0.05, 0) is 17.7 Å². The standard InChI is InChI=1S/C19H9F6N3O2S2/c20-11-3-9(19(23,24)25)2-1-8(11)6-31-18-27-16-15(32-7-26-16)17(30)28(18)10-4-12(21)14(29)13(22)5-10/h1-5,7,29H,6H2. The van der Waals surface area contributed by atoms with Crippen molar-refractivity contribution >= 4 is 33.4 Å². The van der Waals surface area contributed by atoms with Gasteiger partial charge in [0.25, 0.3) is 5.56 Å². The zero-order chi connectivity index (χ0) is 23.2. The summed E-state index contributed by atoms with van der Waals surface area (Å²) < 4.78 is 81.2. The van der Waals surface area contributed by atoms with Crippen LogP contribution in [0.3, 0.4) is 0 Å². The molecule has 0 unspecified atom stereocenters. The van der Waals surface area contributed by atoms with Crippen molar-refractivity contribution in [1.29, 1.82) is 0 Å². The Morgan fingerprint density at radius 2 is 1.75 bits per heavy atom. The minimum absolute atomic E-state index is 0.0476. The number of rotatable bonds is 4. The Kier molecular flexibility index (Phi) is 5.63. The van der Waals surface area contributed by atoms with Crippen molar-refractivity contribution in [3.63, 3.8) is 0 Å². The Morgan fingerprint density at radius 3 is 2.38 bits per heavy atom. The smallest absolute Gasteiger partial charge is 0.416 e. The molecule has 2 aromatic carbocycles. The number of halogens is 6. The monoisotopic (exact) mass is 489 g/mol. The lowest BCUT2D eigenvalue weighted by Crippen LogP contribution is -2.21. The number of thioether (sulfide) groups is 1. The lowest BCUT2D eigenvalue weighted by Gasteiger charge is -2.13. The van der Waals surface area contributed by atoms with Gasteiger partial charge in [-0.2, -0.15) is 13.2 Å². The molecule has 2 aromatic heterocycles. The summed E-state index contributed by atoms with van der Waals surface area (Å²) in [6, 6.07) is 3.46. The summed E-state index contributed by atoms with van der Waals surface area (Å²) in [7, 11) is 0. The van der Waals surface area contributed by atoms with E-state index in [1.165, 1.54) is 5.51 Å². The molecule has 0 bridgehead atoms. The summed E-state index contributed by atoms with van der Waals surface area (Å²) in [5.41, 5.74) is -0.876. The molecule has 0 fully saturated rings. The van der Waals surface area contributed by atoms with Gasteiger partial charge in [0.1, 0.15) is 10.5 Å². The number of hydrogen-bond donors (Lipinski definition) is 1. The van der Waals surface area contributed by atoms with Crippen molar-refractivity contribution in [2.75, 3.05) is 0 Å². The zero-order valence-electron chi connectivity index (χ0n) is 15.5. The summed E-state index contributed by atoms with van der Waals surface area (Å²) in [6.07, 6.45) is -4.71. The molecule has 0 atom stereocenters. The van der Waals surface area contributed by atoms with Crippen molar-refractivity contribution in [3.8, 4) is 11.4 Å². The Hall–Kier alpha value is -3.06. The molecule has 4 aromatic rings. The van der Waals surface area contributed by atoms with E-state index in [0.29, 0.717) is 12.1 Å². The van der Waals surface area contributed by atoms with Crippen molar-refractivity contribution in [2.45, 2.75) is 17.1 Å². The number of nitrogens with zero attached hydrogens (tertiary/aromatic N) is 3. The number of phenolic OH excluding ortho intramolecular Hbond substituents is 1. The predicted molar refractivity (Wildman–Crippen MR) is 106 cm³/mol. The molecule has 2 heterocycles. The number of thiazole rings is 1. The summed E-state index contributed by atoms with van der Waals surface area (Å²) in [5.74, 6) is -5.22. The number of aromatic nitrogens is 3. The molecule has 13 heteroatoms. The first-order valence-electron chi connectivity index (χ1n) is 8.59. The van der Waals surface area contributed by atoms with Crippen LogP contribution in [-0.4, -0.2) is 19.6 Å². The van der Waals surface area contributed by atoms with E-state index in [4.69, 9.17) is 0 Å². The molecule has 0 amide bonds. The maximum Gasteiger partial charge on any atom is 0.416 e. The van der Waals surface area contributed by atoms with Gasteiger partial charge in [0.05, 0.1) is 16.8 Å². The quantitative estimate of drug-likeness (QED) is 0.240. The molecule has 0 aliphatic rings. The maximum absolute atomic E-state index is 14.2. The van der Waals surface area contributed by atoms with Gasteiger partial charge in [-0.3, -0.25) is 9.36 Å². The van der Waals surface area contributed by atoms with E-state index in [0.717, 1.165) is 45.9 Å². The highest BCUT2D eigenvalue weighted by Crippen LogP contribution is 2.32. The molecule has 0 radical (unpaired) electrons. The summed E-state index contributed by atoms with van der Waals surface area (Å²) in [4.78, 5) is 21.0. The van der Waals surface area contributed by atoms with Crippen LogP contribution in [0.25, 0.3) is 16.0 Å². The van der Waals surface area contributed by atoms with Gasteiger partial charge in [-0.25, -0.2) is 23.1 Å². The molecule has 166 valence electrons. The van der Waals surface area contributed by atoms with Gasteiger partial charge in [-0.15, -0.1) is 11.3 Å². The van der Waals surface area contributed by atoms with E-state index in [1.54, 1.807) is 0 Å². The number of phenols is 1. The number of hydrogen-bond acceptors (Lipinski definition) is 6.